The lowest BCUT2D eigenvalue weighted by Crippen LogP contribution is -2.63. The fourth-order valence-corrected chi connectivity index (χ4v) is 4.91. The molecule has 0 bridgehead atoms. The van der Waals surface area contributed by atoms with E-state index in [1.807, 2.05) is 0 Å². The first-order valence-electron chi connectivity index (χ1n) is 12.9. The number of aromatic hydroxyl groups is 1. The molecule has 1 aromatic rings. The number of phenolic OH excluding ortho intramolecular Hbond substituents is 1. The van der Waals surface area contributed by atoms with Gasteiger partial charge in [0, 0.05) is 23.3 Å². The maximum absolute atomic E-state index is 10.9. The van der Waals surface area contributed by atoms with E-state index in [2.05, 4.69) is 0 Å². The Morgan fingerprint density at radius 1 is 0.929 bits per heavy atom. The molecule has 5 rings (SSSR count). The van der Waals surface area contributed by atoms with Crippen molar-refractivity contribution in [2.75, 3.05) is 20.3 Å². The van der Waals surface area contributed by atoms with Gasteiger partial charge in [-0.3, -0.25) is 0 Å². The van der Waals surface area contributed by atoms with Crippen molar-refractivity contribution < 1.29 is 74.4 Å². The molecule has 3 aliphatic heterocycles. The molecular formula is C27H32O15. The van der Waals surface area contributed by atoms with Crippen LogP contribution in [0.15, 0.2) is 59.3 Å². The maximum atomic E-state index is 10.9. The van der Waals surface area contributed by atoms with Gasteiger partial charge in [-0.05, 0) is 24.3 Å². The number of rotatable bonds is 7. The molecule has 2 saturated heterocycles. The van der Waals surface area contributed by atoms with Crippen molar-refractivity contribution in [3.05, 3.63) is 64.8 Å². The Labute approximate surface area is 238 Å². The number of methoxy groups -OCH3 is 1. The van der Waals surface area contributed by atoms with Gasteiger partial charge in [-0.2, -0.15) is 0 Å². The van der Waals surface area contributed by atoms with E-state index in [0.29, 0.717) is 0 Å². The molecule has 0 saturated carbocycles. The van der Waals surface area contributed by atoms with E-state index in [9.17, 15) is 46.0 Å². The van der Waals surface area contributed by atoms with Gasteiger partial charge in [-0.1, -0.05) is 0 Å². The summed E-state index contributed by atoms with van der Waals surface area (Å²) in [5, 5.41) is 92.3. The van der Waals surface area contributed by atoms with Gasteiger partial charge in [0.05, 0.1) is 20.3 Å². The molecule has 0 amide bonds. The molecule has 1 aromatic carbocycles. The van der Waals surface area contributed by atoms with E-state index in [1.165, 1.54) is 37.5 Å². The first-order valence-corrected chi connectivity index (χ1v) is 12.9. The van der Waals surface area contributed by atoms with Crippen LogP contribution in [0, 0.1) is 0 Å². The Morgan fingerprint density at radius 3 is 2.38 bits per heavy atom. The van der Waals surface area contributed by atoms with E-state index < -0.39 is 74.6 Å². The largest absolute Gasteiger partial charge is 0.508 e. The van der Waals surface area contributed by atoms with Crippen LogP contribution in [0.3, 0.4) is 0 Å². The summed E-state index contributed by atoms with van der Waals surface area (Å²) in [6.07, 6.45) is -11.6. The van der Waals surface area contributed by atoms with E-state index in [1.54, 1.807) is 0 Å². The highest BCUT2D eigenvalue weighted by Crippen LogP contribution is 2.40. The first-order chi connectivity index (χ1) is 20.0. The SMILES string of the molecule is COc1ccc(C2=C(OC3OC(CO)C(O)C(O)C3OC3OCC(O)C(O)C3O)C=C3C(O)=CC(O)=CC3O2)cc1O. The van der Waals surface area contributed by atoms with Crippen LogP contribution in [0.1, 0.15) is 5.56 Å². The fraction of sp³-hybridized carbons (Fsp3) is 0.481. The zero-order valence-electron chi connectivity index (χ0n) is 22.1. The third kappa shape index (κ3) is 5.66. The fourth-order valence-electron chi connectivity index (χ4n) is 4.91. The molecule has 4 aliphatic rings. The van der Waals surface area contributed by atoms with E-state index in [4.69, 9.17) is 28.4 Å². The van der Waals surface area contributed by atoms with Crippen LogP contribution in [0.4, 0.5) is 0 Å². The second-order valence-corrected chi connectivity index (χ2v) is 10.0. The summed E-state index contributed by atoms with van der Waals surface area (Å²) in [7, 11) is 1.36. The predicted octanol–water partition coefficient (Wildman–Crippen LogP) is -1.43. The van der Waals surface area contributed by atoms with Gasteiger partial charge in [-0.25, -0.2) is 0 Å². The average Bonchev–Trinajstić information content (AvgIpc) is 2.96. The number of ether oxygens (including phenoxy) is 6. The van der Waals surface area contributed by atoms with Crippen molar-refractivity contribution >= 4 is 5.76 Å². The Hall–Kier alpha value is -3.38. The summed E-state index contributed by atoms with van der Waals surface area (Å²) in [5.74, 6) is -0.832. The zero-order chi connectivity index (χ0) is 30.3. The third-order valence-electron chi connectivity index (χ3n) is 7.22. The Balaban J connectivity index is 1.53. The monoisotopic (exact) mass is 596 g/mol. The molecule has 3 heterocycles. The summed E-state index contributed by atoms with van der Waals surface area (Å²) >= 11 is 0. The summed E-state index contributed by atoms with van der Waals surface area (Å²) < 4.78 is 33.9. The highest BCUT2D eigenvalue weighted by molar-refractivity contribution is 5.70. The van der Waals surface area contributed by atoms with Crippen LogP contribution in [-0.4, -0.2) is 128 Å². The average molecular weight is 597 g/mol. The molecule has 0 radical (unpaired) electrons. The van der Waals surface area contributed by atoms with Crippen molar-refractivity contribution in [2.24, 2.45) is 0 Å². The molecular weight excluding hydrogens is 564 g/mol. The number of fused-ring (bicyclic) bond motifs is 1. The number of benzene rings is 1. The summed E-state index contributed by atoms with van der Waals surface area (Å²) in [4.78, 5) is 0. The van der Waals surface area contributed by atoms with Crippen LogP contribution in [0.5, 0.6) is 11.5 Å². The lowest BCUT2D eigenvalue weighted by molar-refractivity contribution is -0.351. The van der Waals surface area contributed by atoms with E-state index >= 15 is 0 Å². The highest BCUT2D eigenvalue weighted by atomic mass is 16.8. The third-order valence-corrected chi connectivity index (χ3v) is 7.22. The van der Waals surface area contributed by atoms with E-state index in [0.717, 1.165) is 6.08 Å². The molecule has 10 atom stereocenters. The van der Waals surface area contributed by atoms with Crippen molar-refractivity contribution in [2.45, 2.75) is 61.4 Å². The van der Waals surface area contributed by atoms with Crippen molar-refractivity contribution in [1.82, 2.24) is 0 Å². The van der Waals surface area contributed by atoms with Crippen LogP contribution in [0.2, 0.25) is 0 Å². The predicted molar refractivity (Wildman–Crippen MR) is 137 cm³/mol. The van der Waals surface area contributed by atoms with Gasteiger partial charge in [0.1, 0.15) is 54.2 Å². The van der Waals surface area contributed by atoms with Gasteiger partial charge >= 0.3 is 0 Å². The molecule has 0 aromatic heterocycles. The van der Waals surface area contributed by atoms with Crippen LogP contribution >= 0.6 is 0 Å². The minimum Gasteiger partial charge on any atom is -0.508 e. The number of allylic oxidation sites excluding steroid dienone is 2. The molecule has 42 heavy (non-hydrogen) atoms. The summed E-state index contributed by atoms with van der Waals surface area (Å²) in [6, 6.07) is 4.29. The van der Waals surface area contributed by atoms with Crippen molar-refractivity contribution in [3.8, 4) is 11.5 Å². The number of aliphatic hydroxyl groups excluding tert-OH is 8. The van der Waals surface area contributed by atoms with Crippen LogP contribution in [-0.2, 0) is 23.7 Å². The van der Waals surface area contributed by atoms with Crippen molar-refractivity contribution in [3.63, 3.8) is 0 Å². The number of hydrogen-bond acceptors (Lipinski definition) is 15. The standard InChI is InChI=1S/C27H32O15/c1-37-16-3-2-10(4-14(16)31)24-18(7-12-13(30)5-11(29)6-17(12)39-24)40-27-25(22(35)21(34)19(8-28)41-27)42-26-23(36)20(33)15(32)9-38-26/h2-7,15,17,19-23,25-36H,8-9H2,1H3. The van der Waals surface area contributed by atoms with Crippen LogP contribution in [0.25, 0.3) is 5.76 Å². The number of aliphatic hydroxyl groups is 8. The van der Waals surface area contributed by atoms with Crippen molar-refractivity contribution in [1.29, 1.82) is 0 Å². The number of phenols is 1. The van der Waals surface area contributed by atoms with Gasteiger partial charge in [0.2, 0.25) is 6.29 Å². The minimum atomic E-state index is -1.78. The molecule has 9 N–H and O–H groups in total. The molecule has 230 valence electrons. The molecule has 15 heteroatoms. The summed E-state index contributed by atoms with van der Waals surface area (Å²) in [5.41, 5.74) is 0.427. The normalized spacial score (nSPS) is 36.7. The first kappa shape index (κ1) is 30.1. The second-order valence-electron chi connectivity index (χ2n) is 10.0. The Morgan fingerprint density at radius 2 is 1.69 bits per heavy atom. The van der Waals surface area contributed by atoms with Gasteiger partial charge in [0.25, 0.3) is 0 Å². The molecule has 10 unspecified atom stereocenters. The Bertz CT molecular complexity index is 1290. The molecule has 1 aliphatic carbocycles. The van der Waals surface area contributed by atoms with Crippen LogP contribution < -0.4 is 4.74 Å². The topological polar surface area (TPSA) is 237 Å². The second kappa shape index (κ2) is 12.1. The maximum Gasteiger partial charge on any atom is 0.229 e. The molecule has 15 nitrogen and oxygen atoms in total. The van der Waals surface area contributed by atoms with Gasteiger partial charge in [-0.15, -0.1) is 0 Å². The zero-order valence-corrected chi connectivity index (χ0v) is 22.1. The quantitative estimate of drug-likeness (QED) is 0.175. The molecule has 0 spiro atoms. The van der Waals surface area contributed by atoms with Gasteiger partial charge in [0.15, 0.2) is 35.4 Å². The highest BCUT2D eigenvalue weighted by Gasteiger charge is 2.50. The minimum absolute atomic E-state index is 0.0172. The lowest BCUT2D eigenvalue weighted by atomic mass is 9.96. The van der Waals surface area contributed by atoms with E-state index in [-0.39, 0.29) is 45.7 Å². The summed E-state index contributed by atoms with van der Waals surface area (Å²) in [6.45, 7) is -1.15. The lowest BCUT2D eigenvalue weighted by Gasteiger charge is -2.45. The molecule has 2 fully saturated rings. The Kier molecular flexibility index (Phi) is 8.66. The smallest absolute Gasteiger partial charge is 0.229 e. The van der Waals surface area contributed by atoms with Gasteiger partial charge < -0.3 is 74.4 Å². The number of hydrogen-bond donors (Lipinski definition) is 9.